The number of aliphatic imine (C=N–C) groups is 1. The summed E-state index contributed by atoms with van der Waals surface area (Å²) in [5, 5.41) is 8.10. The van der Waals surface area contributed by atoms with Gasteiger partial charge in [0.05, 0.1) is 13.2 Å². The first-order valence-corrected chi connectivity index (χ1v) is 9.03. The summed E-state index contributed by atoms with van der Waals surface area (Å²) in [7, 11) is 1.82. The Bertz CT molecular complexity index is 760. The Morgan fingerprint density at radius 3 is 2.84 bits per heavy atom. The molecule has 5 nitrogen and oxygen atoms in total. The van der Waals surface area contributed by atoms with Gasteiger partial charge in [0.25, 0.3) is 0 Å². The predicted octanol–water partition coefficient (Wildman–Crippen LogP) is 2.92. The summed E-state index contributed by atoms with van der Waals surface area (Å²) in [5.74, 6) is 0.864. The SMILES string of the molecule is CN=C(NCCC1=CCOCC1)NCCc1c[nH]c2cc(C)ccc12. The molecular formula is C20H28N4O. The fourth-order valence-corrected chi connectivity index (χ4v) is 3.18. The monoisotopic (exact) mass is 340 g/mol. The van der Waals surface area contributed by atoms with Crippen LogP contribution in [0.15, 0.2) is 41.0 Å². The molecule has 0 saturated carbocycles. The number of aromatic nitrogens is 1. The molecule has 3 N–H and O–H groups in total. The van der Waals surface area contributed by atoms with Gasteiger partial charge >= 0.3 is 0 Å². The maximum Gasteiger partial charge on any atom is 0.190 e. The third-order valence-corrected chi connectivity index (χ3v) is 4.63. The number of H-pyrrole nitrogens is 1. The fourth-order valence-electron chi connectivity index (χ4n) is 3.18. The lowest BCUT2D eigenvalue weighted by Gasteiger charge is -2.15. The van der Waals surface area contributed by atoms with Crippen molar-refractivity contribution in [2.45, 2.75) is 26.2 Å². The summed E-state index contributed by atoms with van der Waals surface area (Å²) < 4.78 is 5.34. The highest BCUT2D eigenvalue weighted by Crippen LogP contribution is 2.19. The molecule has 0 atom stereocenters. The van der Waals surface area contributed by atoms with Gasteiger partial charge in [0.15, 0.2) is 5.96 Å². The van der Waals surface area contributed by atoms with Crippen LogP contribution in [0.2, 0.25) is 0 Å². The number of aryl methyl sites for hydroxylation is 1. The lowest BCUT2D eigenvalue weighted by Crippen LogP contribution is -2.38. The number of ether oxygens (including phenoxy) is 1. The van der Waals surface area contributed by atoms with E-state index in [-0.39, 0.29) is 0 Å². The first-order chi connectivity index (χ1) is 12.3. The Kier molecular flexibility index (Phi) is 6.12. The first-order valence-electron chi connectivity index (χ1n) is 9.03. The molecule has 0 aliphatic carbocycles. The normalized spacial score (nSPS) is 15.3. The quantitative estimate of drug-likeness (QED) is 0.430. The topological polar surface area (TPSA) is 61.4 Å². The van der Waals surface area contributed by atoms with Crippen LogP contribution in [-0.2, 0) is 11.2 Å². The molecule has 1 aromatic carbocycles. The Balaban J connectivity index is 1.44. The summed E-state index contributed by atoms with van der Waals surface area (Å²) >= 11 is 0. The van der Waals surface area contributed by atoms with E-state index in [0.717, 1.165) is 51.5 Å². The van der Waals surface area contributed by atoms with E-state index in [0.29, 0.717) is 0 Å². The highest BCUT2D eigenvalue weighted by atomic mass is 16.5. The molecule has 1 aliphatic heterocycles. The highest BCUT2D eigenvalue weighted by molar-refractivity contribution is 5.84. The molecule has 3 rings (SSSR count). The summed E-state index contributed by atoms with van der Waals surface area (Å²) in [6.07, 6.45) is 7.37. The average molecular weight is 340 g/mol. The molecule has 5 heteroatoms. The third kappa shape index (κ3) is 4.86. The Labute approximate surface area is 149 Å². The minimum Gasteiger partial charge on any atom is -0.377 e. The molecule has 0 radical (unpaired) electrons. The van der Waals surface area contributed by atoms with Crippen molar-refractivity contribution in [3.63, 3.8) is 0 Å². The van der Waals surface area contributed by atoms with Crippen molar-refractivity contribution in [1.29, 1.82) is 0 Å². The fraction of sp³-hybridized carbons (Fsp3) is 0.450. The minimum atomic E-state index is 0.756. The van der Waals surface area contributed by atoms with Gasteiger partial charge in [-0.15, -0.1) is 0 Å². The second-order valence-corrected chi connectivity index (χ2v) is 6.48. The second kappa shape index (κ2) is 8.72. The molecule has 0 amide bonds. The van der Waals surface area contributed by atoms with Crippen molar-refractivity contribution in [1.82, 2.24) is 15.6 Å². The molecule has 0 bridgehead atoms. The van der Waals surface area contributed by atoms with Gasteiger partial charge < -0.3 is 20.4 Å². The van der Waals surface area contributed by atoms with E-state index in [1.165, 1.54) is 27.6 Å². The van der Waals surface area contributed by atoms with Gasteiger partial charge in [0.1, 0.15) is 0 Å². The van der Waals surface area contributed by atoms with Gasteiger partial charge in [-0.3, -0.25) is 4.99 Å². The number of hydrogen-bond acceptors (Lipinski definition) is 2. The van der Waals surface area contributed by atoms with E-state index in [2.05, 4.69) is 58.0 Å². The van der Waals surface area contributed by atoms with Crippen LogP contribution in [0, 0.1) is 6.92 Å². The standard InChI is InChI=1S/C20H28N4O/c1-15-3-4-18-17(14-24-19(18)13-15)6-10-23-20(21-2)22-9-5-16-7-11-25-12-8-16/h3-4,7,13-14,24H,5-6,8-12H2,1-2H3,(H2,21,22,23). The van der Waals surface area contributed by atoms with Crippen LogP contribution >= 0.6 is 0 Å². The summed E-state index contributed by atoms with van der Waals surface area (Å²) in [5.41, 5.74) is 5.30. The van der Waals surface area contributed by atoms with Crippen molar-refractivity contribution in [3.05, 3.63) is 47.2 Å². The number of fused-ring (bicyclic) bond motifs is 1. The number of rotatable bonds is 6. The number of benzene rings is 1. The van der Waals surface area contributed by atoms with Crippen LogP contribution < -0.4 is 10.6 Å². The molecule has 2 heterocycles. The zero-order valence-electron chi connectivity index (χ0n) is 15.2. The number of nitrogens with one attached hydrogen (secondary N) is 3. The predicted molar refractivity (Wildman–Crippen MR) is 104 cm³/mol. The molecule has 0 spiro atoms. The van der Waals surface area contributed by atoms with E-state index < -0.39 is 0 Å². The molecule has 25 heavy (non-hydrogen) atoms. The van der Waals surface area contributed by atoms with E-state index in [1.807, 2.05) is 7.05 Å². The molecule has 1 aromatic heterocycles. The van der Waals surface area contributed by atoms with Crippen molar-refractivity contribution in [2.24, 2.45) is 4.99 Å². The second-order valence-electron chi connectivity index (χ2n) is 6.48. The van der Waals surface area contributed by atoms with Crippen molar-refractivity contribution in [2.75, 3.05) is 33.4 Å². The van der Waals surface area contributed by atoms with Gasteiger partial charge in [-0.1, -0.05) is 23.8 Å². The molecule has 134 valence electrons. The van der Waals surface area contributed by atoms with Crippen LogP contribution in [0.1, 0.15) is 24.0 Å². The highest BCUT2D eigenvalue weighted by Gasteiger charge is 2.06. The van der Waals surface area contributed by atoms with Crippen molar-refractivity contribution >= 4 is 16.9 Å². The zero-order chi connectivity index (χ0) is 17.5. The first kappa shape index (κ1) is 17.5. The lowest BCUT2D eigenvalue weighted by atomic mass is 10.1. The Morgan fingerprint density at radius 2 is 2.08 bits per heavy atom. The molecular weight excluding hydrogens is 312 g/mol. The Hall–Kier alpha value is -2.27. The van der Waals surface area contributed by atoms with Crippen LogP contribution in [-0.4, -0.2) is 44.3 Å². The summed E-state index contributed by atoms with van der Waals surface area (Å²) in [6, 6.07) is 6.56. The number of nitrogens with zero attached hydrogens (tertiary/aromatic N) is 1. The molecule has 1 aliphatic rings. The van der Waals surface area contributed by atoms with E-state index in [4.69, 9.17) is 4.74 Å². The minimum absolute atomic E-state index is 0.756. The van der Waals surface area contributed by atoms with Gasteiger partial charge in [-0.05, 0) is 43.4 Å². The van der Waals surface area contributed by atoms with Crippen molar-refractivity contribution in [3.8, 4) is 0 Å². The molecule has 0 unspecified atom stereocenters. The smallest absolute Gasteiger partial charge is 0.190 e. The molecule has 0 fully saturated rings. The third-order valence-electron chi connectivity index (χ3n) is 4.63. The van der Waals surface area contributed by atoms with Crippen LogP contribution in [0.25, 0.3) is 10.9 Å². The lowest BCUT2D eigenvalue weighted by molar-refractivity contribution is 0.153. The summed E-state index contributed by atoms with van der Waals surface area (Å²) in [4.78, 5) is 7.67. The molecule has 2 aromatic rings. The van der Waals surface area contributed by atoms with E-state index >= 15 is 0 Å². The maximum absolute atomic E-state index is 5.34. The Morgan fingerprint density at radius 1 is 1.24 bits per heavy atom. The number of hydrogen-bond donors (Lipinski definition) is 3. The van der Waals surface area contributed by atoms with E-state index in [1.54, 1.807) is 0 Å². The van der Waals surface area contributed by atoms with Gasteiger partial charge in [0.2, 0.25) is 0 Å². The number of aromatic amines is 1. The number of guanidine groups is 1. The van der Waals surface area contributed by atoms with Crippen molar-refractivity contribution < 1.29 is 4.74 Å². The van der Waals surface area contributed by atoms with Crippen LogP contribution in [0.5, 0.6) is 0 Å². The van der Waals surface area contributed by atoms with Crippen LogP contribution in [0.3, 0.4) is 0 Å². The summed E-state index contributed by atoms with van der Waals surface area (Å²) in [6.45, 7) is 5.48. The zero-order valence-corrected chi connectivity index (χ0v) is 15.2. The largest absolute Gasteiger partial charge is 0.377 e. The average Bonchev–Trinajstić information content (AvgIpc) is 3.03. The van der Waals surface area contributed by atoms with Gasteiger partial charge in [0, 0.05) is 37.2 Å². The van der Waals surface area contributed by atoms with Gasteiger partial charge in [-0.2, -0.15) is 0 Å². The van der Waals surface area contributed by atoms with E-state index in [9.17, 15) is 0 Å². The maximum atomic E-state index is 5.34. The van der Waals surface area contributed by atoms with Gasteiger partial charge in [-0.25, -0.2) is 0 Å². The molecule has 0 saturated heterocycles. The van der Waals surface area contributed by atoms with Crippen LogP contribution in [0.4, 0.5) is 0 Å².